The molecule has 0 nitrogen and oxygen atoms in total. The summed E-state index contributed by atoms with van der Waals surface area (Å²) in [5.41, 5.74) is 8.56. The molecule has 1 aromatic carbocycles. The fourth-order valence-electron chi connectivity index (χ4n) is 4.41. The Bertz CT molecular complexity index is 700. The summed E-state index contributed by atoms with van der Waals surface area (Å²) in [5, 5.41) is 0. The molecule has 2 unspecified atom stereocenters. The minimum atomic E-state index is -0.812. The summed E-state index contributed by atoms with van der Waals surface area (Å²) in [6, 6.07) is 9.08. The van der Waals surface area contributed by atoms with E-state index in [1.165, 1.54) is 37.7 Å². The van der Waals surface area contributed by atoms with E-state index in [9.17, 15) is 0 Å². The minimum absolute atomic E-state index is 0. The molecule has 0 fully saturated rings. The Labute approximate surface area is 185 Å². The van der Waals surface area contributed by atoms with Crippen molar-refractivity contribution in [2.75, 3.05) is 0 Å². The van der Waals surface area contributed by atoms with Crippen LogP contribution in [0.25, 0.3) is 6.08 Å². The van der Waals surface area contributed by atoms with E-state index < -0.39 is 22.9 Å². The van der Waals surface area contributed by atoms with Crippen molar-refractivity contribution < 1.29 is 56.9 Å². The van der Waals surface area contributed by atoms with Gasteiger partial charge in [-0.3, -0.25) is 0 Å². The quantitative estimate of drug-likeness (QED) is 0.427. The van der Waals surface area contributed by atoms with Crippen LogP contribution in [-0.4, -0.2) is 0 Å². The smallest absolute Gasteiger partial charge is 1.00 e. The van der Waals surface area contributed by atoms with Crippen LogP contribution >= 0.6 is 0 Å². The number of allylic oxidation sites excluding steroid dienone is 5. The Morgan fingerprint density at radius 3 is 2.64 bits per heavy atom. The van der Waals surface area contributed by atoms with Crippen LogP contribution in [0.5, 0.6) is 0 Å². The van der Waals surface area contributed by atoms with Gasteiger partial charge in [0.2, 0.25) is 0 Å². The van der Waals surface area contributed by atoms with E-state index in [1.54, 1.807) is 11.1 Å². The van der Waals surface area contributed by atoms with Gasteiger partial charge in [0.15, 0.2) is 0 Å². The van der Waals surface area contributed by atoms with Crippen LogP contribution in [0, 0.1) is 5.92 Å². The Balaban J connectivity index is 0.00000113. The molecule has 0 bridgehead atoms. The summed E-state index contributed by atoms with van der Waals surface area (Å²) in [4.78, 5) is 0. The molecule has 3 aliphatic rings. The predicted molar refractivity (Wildman–Crippen MR) is 95.0 cm³/mol. The molecule has 0 amide bonds. The van der Waals surface area contributed by atoms with Crippen LogP contribution in [0.15, 0.2) is 53.1 Å². The third-order valence-corrected chi connectivity index (χ3v) is 12.3. The van der Waals surface area contributed by atoms with Gasteiger partial charge in [0.1, 0.15) is 0 Å². The molecule has 132 valence electrons. The summed E-state index contributed by atoms with van der Waals surface area (Å²) >= 11 is -0.812. The number of benzene rings is 1. The minimum Gasteiger partial charge on any atom is -1.00 e. The molecular weight excluding hydrogens is 603 g/mol. The molecule has 0 N–H and O–H groups in total. The van der Waals surface area contributed by atoms with E-state index in [0.717, 1.165) is 13.3 Å². The van der Waals surface area contributed by atoms with E-state index in [1.807, 2.05) is 11.1 Å². The standard InChI is InChI=1S/C13H19.C9H7.2BrH.Hf/c1-10(2)7-11-8-12-5-3-4-6-13(12)9-11;1-2-5-9-7-3-6-8(9)4-1;;;/h8-10H,3-7H2,1-2H3;1-7H;2*1H;/q;;;;+2/p-2. The van der Waals surface area contributed by atoms with Gasteiger partial charge in [-0.25, -0.2) is 0 Å². The molecular formula is C22H26Br2Hf. The molecule has 4 rings (SSSR count). The maximum absolute atomic E-state index is 2.64. The van der Waals surface area contributed by atoms with E-state index in [2.05, 4.69) is 56.3 Å². The molecule has 2 atom stereocenters. The average Bonchev–Trinajstić information content (AvgIpc) is 3.10. The van der Waals surface area contributed by atoms with Crippen LogP contribution < -0.4 is 34.0 Å². The molecule has 0 aromatic heterocycles. The summed E-state index contributed by atoms with van der Waals surface area (Å²) in [6.45, 7) is 4.77. The van der Waals surface area contributed by atoms with E-state index >= 15 is 0 Å². The number of halogens is 2. The second-order valence-electron chi connectivity index (χ2n) is 7.64. The third kappa shape index (κ3) is 4.58. The van der Waals surface area contributed by atoms with Gasteiger partial charge in [-0.15, -0.1) is 0 Å². The Morgan fingerprint density at radius 2 is 1.84 bits per heavy atom. The maximum Gasteiger partial charge on any atom is -1.00 e. The van der Waals surface area contributed by atoms with Crippen molar-refractivity contribution in [3.63, 3.8) is 0 Å². The Hall–Kier alpha value is 0.270. The number of fused-ring (bicyclic) bond motifs is 1. The van der Waals surface area contributed by atoms with Gasteiger partial charge >= 0.3 is 152 Å². The van der Waals surface area contributed by atoms with E-state index in [0.29, 0.717) is 0 Å². The fourth-order valence-corrected chi connectivity index (χ4v) is 11.4. The first-order valence-corrected chi connectivity index (χ1v) is 13.3. The predicted octanol–water partition coefficient (Wildman–Crippen LogP) is 0.490. The van der Waals surface area contributed by atoms with Crippen LogP contribution in [0.3, 0.4) is 0 Å². The molecule has 1 aromatic rings. The summed E-state index contributed by atoms with van der Waals surface area (Å²) in [7, 11) is 0. The van der Waals surface area contributed by atoms with Gasteiger partial charge in [0.05, 0.1) is 0 Å². The van der Waals surface area contributed by atoms with Gasteiger partial charge in [-0.05, 0) is 0 Å². The van der Waals surface area contributed by atoms with Crippen molar-refractivity contribution in [1.82, 2.24) is 0 Å². The summed E-state index contributed by atoms with van der Waals surface area (Å²) in [5.74, 6) is 0.792. The zero-order valence-corrected chi connectivity index (χ0v) is 21.8. The Kier molecular flexibility index (Phi) is 8.16. The van der Waals surface area contributed by atoms with Crippen molar-refractivity contribution in [1.29, 1.82) is 0 Å². The van der Waals surface area contributed by atoms with Crippen molar-refractivity contribution in [3.8, 4) is 0 Å². The molecule has 0 radical (unpaired) electrons. The van der Waals surface area contributed by atoms with Crippen molar-refractivity contribution in [2.45, 2.75) is 53.3 Å². The van der Waals surface area contributed by atoms with E-state index in [4.69, 9.17) is 0 Å². The number of hydrogen-bond acceptors (Lipinski definition) is 0. The monoisotopic (exact) mass is 628 g/mol. The Morgan fingerprint density at radius 1 is 1.08 bits per heavy atom. The topological polar surface area (TPSA) is 0 Å². The zero-order valence-electron chi connectivity index (χ0n) is 15.1. The zero-order chi connectivity index (χ0) is 15.8. The first-order valence-electron chi connectivity index (χ1n) is 9.18. The molecule has 25 heavy (non-hydrogen) atoms. The SMILES string of the molecule is CC(C)CC1=CC2=C(CCCC2)[CH]1[Hf+2][CH]1C=Cc2ccccc21.[Br-].[Br-]. The molecule has 0 saturated carbocycles. The third-order valence-electron chi connectivity index (χ3n) is 5.42. The van der Waals surface area contributed by atoms with Crippen LogP contribution in [0.4, 0.5) is 0 Å². The van der Waals surface area contributed by atoms with Crippen molar-refractivity contribution >= 4 is 6.08 Å². The molecule has 0 heterocycles. The van der Waals surface area contributed by atoms with Gasteiger partial charge < -0.3 is 34.0 Å². The van der Waals surface area contributed by atoms with Gasteiger partial charge in [0, 0.05) is 0 Å². The van der Waals surface area contributed by atoms with E-state index in [-0.39, 0.29) is 34.0 Å². The van der Waals surface area contributed by atoms with Gasteiger partial charge in [-0.1, -0.05) is 0 Å². The molecule has 3 aliphatic carbocycles. The largest absolute Gasteiger partial charge is 1.00 e. The van der Waals surface area contributed by atoms with Gasteiger partial charge in [0.25, 0.3) is 0 Å². The van der Waals surface area contributed by atoms with Gasteiger partial charge in [-0.2, -0.15) is 0 Å². The first-order chi connectivity index (χ1) is 11.2. The average molecular weight is 629 g/mol. The van der Waals surface area contributed by atoms with Crippen molar-refractivity contribution in [3.05, 3.63) is 64.3 Å². The summed E-state index contributed by atoms with van der Waals surface area (Å²) < 4.78 is 1.72. The number of hydrogen-bond donors (Lipinski definition) is 0. The number of rotatable bonds is 4. The molecule has 0 aliphatic heterocycles. The molecule has 3 heteroatoms. The summed E-state index contributed by atoms with van der Waals surface area (Å²) in [6.07, 6.45) is 14.5. The van der Waals surface area contributed by atoms with Crippen molar-refractivity contribution in [2.24, 2.45) is 5.92 Å². The maximum atomic E-state index is 2.64. The molecule has 0 spiro atoms. The first kappa shape index (κ1) is 21.6. The molecule has 0 saturated heterocycles. The van der Waals surface area contributed by atoms with Crippen LogP contribution in [-0.2, 0) is 22.9 Å². The normalized spacial score (nSPS) is 23.4. The second kappa shape index (κ2) is 9.46. The second-order valence-corrected chi connectivity index (χ2v) is 13.1. The fraction of sp³-hybridized carbons (Fsp3) is 0.455. The van der Waals surface area contributed by atoms with Crippen LogP contribution in [0.2, 0.25) is 3.67 Å². The van der Waals surface area contributed by atoms with Crippen LogP contribution in [0.1, 0.15) is 60.8 Å².